The second-order valence-electron chi connectivity index (χ2n) is 13.7. The van der Waals surface area contributed by atoms with E-state index in [9.17, 15) is 49.5 Å². The topological polar surface area (TPSA) is 233 Å². The molecule has 1 aliphatic carbocycles. The number of fused-ring (bicyclic) bond motifs is 2. The van der Waals surface area contributed by atoms with Crippen molar-refractivity contribution in [1.82, 2.24) is 14.7 Å². The predicted molar refractivity (Wildman–Crippen MR) is 214 cm³/mol. The molecule has 0 radical (unpaired) electrons. The van der Waals surface area contributed by atoms with E-state index in [1.54, 1.807) is 51.1 Å². The predicted octanol–water partition coefficient (Wildman–Crippen LogP) is 3.86. The molecule has 16 nitrogen and oxygen atoms in total. The molecule has 3 aromatic carbocycles. The molecule has 2 heterocycles. The minimum absolute atomic E-state index is 0.0568. The smallest absolute Gasteiger partial charge is 0.336 e. The van der Waals surface area contributed by atoms with Crippen LogP contribution in [0.2, 0.25) is 0 Å². The number of hydrogen-bond donors (Lipinski definition) is 7. The molecule has 0 spiro atoms. The molecular formula is C40H39N5O11S. The van der Waals surface area contributed by atoms with Crippen molar-refractivity contribution in [3.63, 3.8) is 0 Å². The van der Waals surface area contributed by atoms with Gasteiger partial charge in [0.15, 0.2) is 10.5 Å². The third-order valence-electron chi connectivity index (χ3n) is 9.61. The Hall–Kier alpha value is -6.40. The lowest BCUT2D eigenvalue weighted by molar-refractivity contribution is -0.140. The van der Waals surface area contributed by atoms with E-state index in [4.69, 9.17) is 16.6 Å². The van der Waals surface area contributed by atoms with Gasteiger partial charge >= 0.3 is 23.9 Å². The van der Waals surface area contributed by atoms with Crippen LogP contribution in [0.4, 0.5) is 11.4 Å². The van der Waals surface area contributed by atoms with Gasteiger partial charge in [-0.3, -0.25) is 33.9 Å². The molecule has 3 aromatic rings. The summed E-state index contributed by atoms with van der Waals surface area (Å²) < 4.78 is 5.90. The highest BCUT2D eigenvalue weighted by Crippen LogP contribution is 2.42. The normalized spacial score (nSPS) is 15.7. The Morgan fingerprint density at radius 3 is 2.05 bits per heavy atom. The number of nitrogens with zero attached hydrogens (tertiary/aromatic N) is 3. The molecule has 1 saturated heterocycles. The summed E-state index contributed by atoms with van der Waals surface area (Å²) in [5.74, 6) is -4.18. The summed E-state index contributed by atoms with van der Waals surface area (Å²) in [6.07, 6.45) is 0.384. The van der Waals surface area contributed by atoms with Crippen molar-refractivity contribution in [2.75, 3.05) is 63.0 Å². The van der Waals surface area contributed by atoms with Gasteiger partial charge in [0.05, 0.1) is 25.2 Å². The largest absolute Gasteiger partial charge is 0.508 e. The van der Waals surface area contributed by atoms with Crippen LogP contribution in [0.5, 0.6) is 5.75 Å². The first-order chi connectivity index (χ1) is 27.2. The minimum Gasteiger partial charge on any atom is -0.508 e. The van der Waals surface area contributed by atoms with Gasteiger partial charge in [0.1, 0.15) is 17.1 Å². The lowest BCUT2D eigenvalue weighted by Crippen LogP contribution is -2.49. The zero-order valence-corrected chi connectivity index (χ0v) is 31.2. The van der Waals surface area contributed by atoms with E-state index in [0.717, 1.165) is 5.56 Å². The van der Waals surface area contributed by atoms with Crippen LogP contribution in [0.15, 0.2) is 88.1 Å². The average Bonchev–Trinajstić information content (AvgIpc) is 3.20. The van der Waals surface area contributed by atoms with E-state index in [-0.39, 0.29) is 65.9 Å². The Bertz CT molecular complexity index is 2370. The molecule has 17 heteroatoms. The number of thiocarbonyl (C=S) groups is 1. The Balaban J connectivity index is 1.19. The maximum Gasteiger partial charge on any atom is 0.336 e. The number of carboxylic acids is 4. The Morgan fingerprint density at radius 2 is 1.35 bits per heavy atom. The summed E-state index contributed by atoms with van der Waals surface area (Å²) >= 11 is 5.56. The number of carbonyl (C=O) groups is 4. The van der Waals surface area contributed by atoms with Crippen LogP contribution >= 0.6 is 12.2 Å². The van der Waals surface area contributed by atoms with Crippen molar-refractivity contribution < 1.29 is 49.1 Å². The van der Waals surface area contributed by atoms with Crippen LogP contribution in [0.1, 0.15) is 15.9 Å². The highest BCUT2D eigenvalue weighted by Gasteiger charge is 2.28. The SMILES string of the molecule is O=C(O)CN1CCN(CC(=O)O)CC(Cc2ccc(NC(=S)Nc3ccc(-c4c5ccc(=O)cc-5oc5cc(O)ccc45)c(C(=O)O)c3)cc2)N(CC(=O)O)CC1. The molecule has 0 saturated carbocycles. The van der Waals surface area contributed by atoms with Crippen LogP contribution in [0.25, 0.3) is 33.4 Å². The number of aromatic hydroxyl groups is 1. The monoisotopic (exact) mass is 797 g/mol. The maximum absolute atomic E-state index is 12.6. The number of benzene rings is 4. The fraction of sp³-hybridized carbons (Fsp3) is 0.250. The number of carboxylic acid groups (broad SMARTS) is 4. The quantitative estimate of drug-likeness (QED) is 0.0701. The minimum atomic E-state index is -1.21. The summed E-state index contributed by atoms with van der Waals surface area (Å²) in [6, 6.07) is 20.3. The second-order valence-corrected chi connectivity index (χ2v) is 14.1. The molecule has 1 atom stereocenters. The average molecular weight is 798 g/mol. The zero-order valence-electron chi connectivity index (χ0n) is 30.4. The number of phenols is 1. The van der Waals surface area contributed by atoms with Gasteiger partial charge in [0.25, 0.3) is 0 Å². The molecule has 6 rings (SSSR count). The number of aliphatic carboxylic acids is 3. The molecule has 57 heavy (non-hydrogen) atoms. The number of anilines is 2. The maximum atomic E-state index is 12.6. The molecule has 0 bridgehead atoms. The fourth-order valence-electron chi connectivity index (χ4n) is 7.07. The van der Waals surface area contributed by atoms with Crippen LogP contribution < -0.4 is 16.1 Å². The number of nitrogens with one attached hydrogen (secondary N) is 2. The third kappa shape index (κ3) is 10.3. The van der Waals surface area contributed by atoms with Crippen molar-refractivity contribution in [1.29, 1.82) is 0 Å². The molecule has 0 amide bonds. The lowest BCUT2D eigenvalue weighted by Gasteiger charge is -2.33. The Labute approximate surface area is 330 Å². The van der Waals surface area contributed by atoms with Crippen LogP contribution in [-0.2, 0) is 20.8 Å². The first kappa shape index (κ1) is 40.3. The second kappa shape index (κ2) is 17.6. The highest BCUT2D eigenvalue weighted by molar-refractivity contribution is 7.80. The van der Waals surface area contributed by atoms with Crippen molar-refractivity contribution in [2.45, 2.75) is 12.5 Å². The van der Waals surface area contributed by atoms with E-state index in [0.29, 0.717) is 59.5 Å². The first-order valence-electron chi connectivity index (χ1n) is 17.8. The fourth-order valence-corrected chi connectivity index (χ4v) is 7.30. The van der Waals surface area contributed by atoms with Crippen molar-refractivity contribution >= 4 is 63.6 Å². The van der Waals surface area contributed by atoms with E-state index in [1.165, 1.54) is 30.3 Å². The van der Waals surface area contributed by atoms with Crippen molar-refractivity contribution in [2.24, 2.45) is 0 Å². The van der Waals surface area contributed by atoms with Crippen LogP contribution in [0.3, 0.4) is 0 Å². The van der Waals surface area contributed by atoms with Gasteiger partial charge in [0, 0.05) is 78.8 Å². The summed E-state index contributed by atoms with van der Waals surface area (Å²) in [6.45, 7) is 0.598. The van der Waals surface area contributed by atoms with Gasteiger partial charge in [-0.25, -0.2) is 4.79 Å². The van der Waals surface area contributed by atoms with Crippen molar-refractivity contribution in [3.05, 3.63) is 100 Å². The summed E-state index contributed by atoms with van der Waals surface area (Å²) in [7, 11) is 0. The molecule has 2 aliphatic heterocycles. The van der Waals surface area contributed by atoms with E-state index >= 15 is 0 Å². The van der Waals surface area contributed by atoms with Gasteiger partial charge in [-0.05, 0) is 78.3 Å². The standard InChI is InChI=1S/C40H39N5O11S/c46-27-6-9-30-33(17-27)56-34-18-28(47)7-10-31(34)38(30)29-8-5-25(16-32(29)39(54)55)42-40(57)41-24-3-1-23(2-4-24)15-26-19-44(21-36(50)51)12-11-43(20-35(48)49)13-14-45(26)22-37(52)53/h1-10,16-18,26,46H,11-15,19-22H2,(H,48,49)(H,50,51)(H,52,53)(H,54,55)(H2,41,42,57). The summed E-state index contributed by atoms with van der Waals surface area (Å²) in [5, 5.41) is 55.8. The van der Waals surface area contributed by atoms with Gasteiger partial charge in [0.2, 0.25) is 0 Å². The van der Waals surface area contributed by atoms with E-state index in [1.807, 2.05) is 12.1 Å². The van der Waals surface area contributed by atoms with Gasteiger partial charge in [-0.15, -0.1) is 0 Å². The van der Waals surface area contributed by atoms with Gasteiger partial charge in [-0.1, -0.05) is 18.2 Å². The van der Waals surface area contributed by atoms with Crippen LogP contribution in [0, 0.1) is 0 Å². The Kier molecular flexibility index (Phi) is 12.4. The van der Waals surface area contributed by atoms with Gasteiger partial charge < -0.3 is 40.6 Å². The number of phenolic OH excluding ortho intramolecular Hbond substituents is 1. The molecule has 0 aromatic heterocycles. The molecule has 1 unspecified atom stereocenters. The Morgan fingerprint density at radius 1 is 0.719 bits per heavy atom. The lowest BCUT2D eigenvalue weighted by atomic mass is 9.90. The molecule has 1 fully saturated rings. The molecule has 296 valence electrons. The summed E-state index contributed by atoms with van der Waals surface area (Å²) in [4.78, 5) is 64.9. The molecular weight excluding hydrogens is 759 g/mol. The number of hydrogen-bond acceptors (Lipinski definition) is 11. The molecule has 3 aliphatic rings. The number of aromatic carboxylic acids is 1. The highest BCUT2D eigenvalue weighted by atomic mass is 32.1. The van der Waals surface area contributed by atoms with Gasteiger partial charge in [-0.2, -0.15) is 0 Å². The first-order valence-corrected chi connectivity index (χ1v) is 18.2. The van der Waals surface area contributed by atoms with Crippen molar-refractivity contribution in [3.8, 4) is 28.2 Å². The van der Waals surface area contributed by atoms with Crippen LogP contribution in [-0.4, -0.2) is 128 Å². The third-order valence-corrected chi connectivity index (χ3v) is 9.82. The van der Waals surface area contributed by atoms with E-state index in [2.05, 4.69) is 10.6 Å². The number of rotatable bonds is 12. The molecule has 7 N–H and O–H groups in total. The zero-order chi connectivity index (χ0) is 40.8. The van der Waals surface area contributed by atoms with E-state index < -0.39 is 29.9 Å². The summed E-state index contributed by atoms with van der Waals surface area (Å²) in [5.41, 5.74) is 3.10.